The molecule has 0 saturated carbocycles. The van der Waals surface area contributed by atoms with Gasteiger partial charge in [-0.1, -0.05) is 0 Å². The molecule has 2 bridgehead atoms. The fraction of sp³-hybridized carbons (Fsp3) is 0.600. The van der Waals surface area contributed by atoms with Crippen LogP contribution in [0, 0.1) is 5.95 Å². The molecule has 0 N–H and O–H groups in total. The van der Waals surface area contributed by atoms with E-state index in [-0.39, 0.29) is 0 Å². The highest BCUT2D eigenvalue weighted by Gasteiger charge is 2.38. The molecule has 1 aromatic rings. The molecule has 2 aliphatic heterocycles. The normalized spacial score (nSPS) is 29.5. The zero-order chi connectivity index (χ0) is 10.3. The van der Waals surface area contributed by atoms with Crippen molar-refractivity contribution in [2.45, 2.75) is 24.9 Å². The summed E-state index contributed by atoms with van der Waals surface area (Å²) >= 11 is 0. The first-order valence-corrected chi connectivity index (χ1v) is 5.18. The third kappa shape index (κ3) is 1.47. The Balaban J connectivity index is 1.93. The lowest BCUT2D eigenvalue weighted by Crippen LogP contribution is -2.46. The fourth-order valence-corrected chi connectivity index (χ4v) is 2.46. The minimum Gasteiger partial charge on any atom is -0.377 e. The zero-order valence-corrected chi connectivity index (χ0v) is 8.27. The van der Waals surface area contributed by atoms with E-state index in [1.807, 2.05) is 0 Å². The van der Waals surface area contributed by atoms with Crippen LogP contribution < -0.4 is 4.90 Å². The Kier molecular flexibility index (Phi) is 2.05. The number of nitrogens with zero attached hydrogens (tertiary/aromatic N) is 3. The maximum absolute atomic E-state index is 13.0. The SMILES string of the molecule is Fc1cncc(N2C3CCC2COC3)n1. The van der Waals surface area contributed by atoms with E-state index in [9.17, 15) is 4.39 Å². The molecule has 3 heterocycles. The smallest absolute Gasteiger partial charge is 0.233 e. The molecule has 4 nitrogen and oxygen atoms in total. The third-order valence-corrected chi connectivity index (χ3v) is 3.10. The molecule has 5 heteroatoms. The van der Waals surface area contributed by atoms with Gasteiger partial charge in [0.15, 0.2) is 5.82 Å². The summed E-state index contributed by atoms with van der Waals surface area (Å²) in [5.74, 6) is 0.129. The predicted octanol–water partition coefficient (Wildman–Crippen LogP) is 0.983. The highest BCUT2D eigenvalue weighted by atomic mass is 19.1. The number of fused-ring (bicyclic) bond motifs is 2. The molecule has 0 spiro atoms. The second-order valence-corrected chi connectivity index (χ2v) is 4.03. The molecule has 0 amide bonds. The zero-order valence-electron chi connectivity index (χ0n) is 8.27. The molecule has 15 heavy (non-hydrogen) atoms. The van der Waals surface area contributed by atoms with Gasteiger partial charge in [-0.05, 0) is 12.8 Å². The third-order valence-electron chi connectivity index (χ3n) is 3.10. The molecule has 2 aliphatic rings. The van der Waals surface area contributed by atoms with E-state index in [1.165, 1.54) is 0 Å². The van der Waals surface area contributed by atoms with Crippen molar-refractivity contribution >= 4 is 5.82 Å². The summed E-state index contributed by atoms with van der Waals surface area (Å²) in [4.78, 5) is 9.87. The number of hydrogen-bond donors (Lipinski definition) is 0. The van der Waals surface area contributed by atoms with Crippen LogP contribution in [0.1, 0.15) is 12.8 Å². The fourth-order valence-electron chi connectivity index (χ4n) is 2.46. The van der Waals surface area contributed by atoms with Gasteiger partial charge in [0.25, 0.3) is 0 Å². The van der Waals surface area contributed by atoms with Gasteiger partial charge >= 0.3 is 0 Å². The lowest BCUT2D eigenvalue weighted by Gasteiger charge is -2.35. The number of anilines is 1. The average Bonchev–Trinajstić information content (AvgIpc) is 2.49. The van der Waals surface area contributed by atoms with Gasteiger partial charge in [0.2, 0.25) is 5.95 Å². The Labute approximate surface area is 87.1 Å². The Hall–Kier alpha value is -1.23. The van der Waals surface area contributed by atoms with E-state index in [1.54, 1.807) is 6.20 Å². The second-order valence-electron chi connectivity index (χ2n) is 4.03. The molecule has 80 valence electrons. The van der Waals surface area contributed by atoms with Crippen molar-refractivity contribution in [1.82, 2.24) is 9.97 Å². The second kappa shape index (κ2) is 3.41. The van der Waals surface area contributed by atoms with E-state index < -0.39 is 5.95 Å². The first-order valence-electron chi connectivity index (χ1n) is 5.18. The van der Waals surface area contributed by atoms with Gasteiger partial charge in [0.05, 0.1) is 37.7 Å². The monoisotopic (exact) mass is 209 g/mol. The van der Waals surface area contributed by atoms with Crippen LogP contribution in [-0.4, -0.2) is 35.3 Å². The van der Waals surface area contributed by atoms with Crippen LogP contribution >= 0.6 is 0 Å². The first-order chi connectivity index (χ1) is 7.34. The summed E-state index contributed by atoms with van der Waals surface area (Å²) in [6.07, 6.45) is 4.96. The summed E-state index contributed by atoms with van der Waals surface area (Å²) in [5.41, 5.74) is 0. The summed E-state index contributed by atoms with van der Waals surface area (Å²) < 4.78 is 18.4. The number of ether oxygens (including phenoxy) is 1. The lowest BCUT2D eigenvalue weighted by molar-refractivity contribution is 0.0901. The van der Waals surface area contributed by atoms with E-state index in [4.69, 9.17) is 4.74 Å². The van der Waals surface area contributed by atoms with Crippen molar-refractivity contribution in [2.24, 2.45) is 0 Å². The van der Waals surface area contributed by atoms with Crippen molar-refractivity contribution in [1.29, 1.82) is 0 Å². The average molecular weight is 209 g/mol. The molecule has 2 saturated heterocycles. The Bertz CT molecular complexity index is 357. The topological polar surface area (TPSA) is 38.2 Å². The van der Waals surface area contributed by atoms with E-state index in [0.29, 0.717) is 31.1 Å². The quantitative estimate of drug-likeness (QED) is 0.691. The van der Waals surface area contributed by atoms with E-state index in [2.05, 4.69) is 14.9 Å². The van der Waals surface area contributed by atoms with Crippen LogP contribution in [0.15, 0.2) is 12.4 Å². The minimum absolute atomic E-state index is 0.347. The van der Waals surface area contributed by atoms with Gasteiger partial charge in [-0.3, -0.25) is 4.98 Å². The molecule has 2 fully saturated rings. The number of halogens is 1. The van der Waals surface area contributed by atoms with Gasteiger partial charge in [0.1, 0.15) is 0 Å². The Morgan fingerprint density at radius 3 is 2.67 bits per heavy atom. The highest BCUT2D eigenvalue weighted by molar-refractivity contribution is 5.41. The van der Waals surface area contributed by atoms with Crippen LogP contribution in [0.25, 0.3) is 0 Å². The van der Waals surface area contributed by atoms with Crippen molar-refractivity contribution in [3.63, 3.8) is 0 Å². The van der Waals surface area contributed by atoms with Crippen LogP contribution in [0.2, 0.25) is 0 Å². The van der Waals surface area contributed by atoms with E-state index in [0.717, 1.165) is 19.0 Å². The molecule has 0 radical (unpaired) electrons. The Morgan fingerprint density at radius 2 is 2.00 bits per heavy atom. The summed E-state index contributed by atoms with van der Waals surface area (Å²) in [7, 11) is 0. The summed E-state index contributed by atoms with van der Waals surface area (Å²) in [6.45, 7) is 1.43. The van der Waals surface area contributed by atoms with Crippen molar-refractivity contribution < 1.29 is 9.13 Å². The molecule has 0 aromatic carbocycles. The van der Waals surface area contributed by atoms with Crippen molar-refractivity contribution in [2.75, 3.05) is 18.1 Å². The van der Waals surface area contributed by atoms with Crippen LogP contribution in [0.3, 0.4) is 0 Å². The molecular formula is C10H12FN3O. The first kappa shape index (κ1) is 9.03. The highest BCUT2D eigenvalue weighted by Crippen LogP contribution is 2.32. The number of morpholine rings is 1. The summed E-state index contributed by atoms with van der Waals surface area (Å²) in [5, 5.41) is 0. The maximum atomic E-state index is 13.0. The standard InChI is InChI=1S/C10H12FN3O/c11-9-3-12-4-10(13-9)14-7-1-2-8(14)6-15-5-7/h3-4,7-8H,1-2,5-6H2. The summed E-state index contributed by atoms with van der Waals surface area (Å²) in [6, 6.07) is 0.694. The number of rotatable bonds is 1. The lowest BCUT2D eigenvalue weighted by atomic mass is 10.2. The van der Waals surface area contributed by atoms with Gasteiger partial charge in [-0.25, -0.2) is 0 Å². The molecule has 2 unspecified atom stereocenters. The molecule has 3 rings (SSSR count). The van der Waals surface area contributed by atoms with Crippen molar-refractivity contribution in [3.8, 4) is 0 Å². The maximum Gasteiger partial charge on any atom is 0.233 e. The van der Waals surface area contributed by atoms with Crippen LogP contribution in [-0.2, 0) is 4.74 Å². The number of aromatic nitrogens is 2. The molecule has 0 aliphatic carbocycles. The van der Waals surface area contributed by atoms with Gasteiger partial charge in [-0.15, -0.1) is 0 Å². The van der Waals surface area contributed by atoms with Gasteiger partial charge in [0, 0.05) is 0 Å². The van der Waals surface area contributed by atoms with Crippen LogP contribution in [0.4, 0.5) is 10.2 Å². The minimum atomic E-state index is -0.515. The van der Waals surface area contributed by atoms with Crippen LogP contribution in [0.5, 0.6) is 0 Å². The van der Waals surface area contributed by atoms with Gasteiger partial charge < -0.3 is 9.64 Å². The van der Waals surface area contributed by atoms with E-state index >= 15 is 0 Å². The molecule has 1 aromatic heterocycles. The van der Waals surface area contributed by atoms with Crippen molar-refractivity contribution in [3.05, 3.63) is 18.3 Å². The van der Waals surface area contributed by atoms with Gasteiger partial charge in [-0.2, -0.15) is 9.37 Å². The predicted molar refractivity (Wildman–Crippen MR) is 52.1 cm³/mol. The number of hydrogen-bond acceptors (Lipinski definition) is 4. The molecule has 2 atom stereocenters. The largest absolute Gasteiger partial charge is 0.377 e. The Morgan fingerprint density at radius 1 is 1.27 bits per heavy atom. The molecular weight excluding hydrogens is 197 g/mol.